The zero-order chi connectivity index (χ0) is 7.70. The Labute approximate surface area is 89.8 Å². The summed E-state index contributed by atoms with van der Waals surface area (Å²) in [7, 11) is 0. The fraction of sp³-hybridized carbons (Fsp3) is 0.625. The minimum absolute atomic E-state index is 0. The van der Waals surface area contributed by atoms with Gasteiger partial charge in [0.25, 0.3) is 0 Å². The summed E-state index contributed by atoms with van der Waals surface area (Å²) in [6.45, 7) is 10.3. The van der Waals surface area contributed by atoms with Gasteiger partial charge in [0.05, 0.1) is 0 Å². The number of hydrogen-bond donors (Lipinski definition) is 0. The van der Waals surface area contributed by atoms with Crippen LogP contribution in [0.15, 0.2) is 0 Å². The predicted molar refractivity (Wildman–Crippen MR) is 40.9 cm³/mol. The van der Waals surface area contributed by atoms with E-state index in [0.29, 0.717) is 0 Å². The Morgan fingerprint density at radius 2 is 1.80 bits per heavy atom. The molecule has 0 unspecified atom stereocenters. The van der Waals surface area contributed by atoms with Gasteiger partial charge in [0.2, 0.25) is 0 Å². The molecule has 0 spiro atoms. The van der Waals surface area contributed by atoms with Crippen molar-refractivity contribution >= 4 is 5.78 Å². The molecule has 0 heterocycles. The van der Waals surface area contributed by atoms with Crippen LogP contribution in [0.4, 0.5) is 0 Å². The summed E-state index contributed by atoms with van der Waals surface area (Å²) >= 11 is 0. The largest absolute Gasteiger partial charge is 0.343 e. The van der Waals surface area contributed by atoms with Crippen LogP contribution in [0.1, 0.15) is 33.1 Å². The Kier molecular flexibility index (Phi) is 27.7. The Morgan fingerprint density at radius 3 is 1.80 bits per heavy atom. The van der Waals surface area contributed by atoms with Crippen molar-refractivity contribution in [2.24, 2.45) is 0 Å². The summed E-state index contributed by atoms with van der Waals surface area (Å²) in [6.07, 6.45) is 3.65. The Bertz CT molecular complexity index is 56.3. The molecule has 1 nitrogen and oxygen atoms in total. The summed E-state index contributed by atoms with van der Waals surface area (Å²) in [4.78, 5) is 9.33. The van der Waals surface area contributed by atoms with Crippen molar-refractivity contribution in [2.45, 2.75) is 33.1 Å². The fourth-order valence-corrected chi connectivity index (χ4v) is 0.250. The first-order valence-electron chi connectivity index (χ1n) is 3.26. The number of Topliss-reactive ketones (excluding diaryl/α,β-unsaturated/α-hetero) is 1. The van der Waals surface area contributed by atoms with E-state index in [-0.39, 0.29) is 38.5 Å². The van der Waals surface area contributed by atoms with E-state index in [1.54, 1.807) is 0 Å². The minimum atomic E-state index is -0.0833. The van der Waals surface area contributed by atoms with Crippen LogP contribution in [-0.2, 0) is 37.5 Å². The molecule has 0 bridgehead atoms. The Balaban J connectivity index is -0.0000000910. The second-order valence-electron chi connectivity index (χ2n) is 1.91. The molecule has 2 heteroatoms. The topological polar surface area (TPSA) is 17.1 Å². The van der Waals surface area contributed by atoms with Crippen molar-refractivity contribution in [1.29, 1.82) is 0 Å². The molecule has 0 N–H and O–H groups in total. The van der Waals surface area contributed by atoms with E-state index < -0.39 is 0 Å². The van der Waals surface area contributed by atoms with E-state index in [1.807, 2.05) is 0 Å². The van der Waals surface area contributed by atoms with Crippen LogP contribution in [0.2, 0.25) is 0 Å². The molecule has 0 rings (SSSR count). The van der Waals surface area contributed by atoms with Crippen LogP contribution >= 0.6 is 0 Å². The number of rotatable bonds is 2. The standard InChI is InChI=1S/C5H11.C3H5O.Y/c1-3-5-4-2;1-3(2)4;/h1,3-5H2,2H3;1H2,2H3;/q2*-1;. The molecule has 0 saturated carbocycles. The van der Waals surface area contributed by atoms with Gasteiger partial charge in [-0.3, -0.25) is 0 Å². The second kappa shape index (κ2) is 16.3. The van der Waals surface area contributed by atoms with Gasteiger partial charge in [0.15, 0.2) is 0 Å². The van der Waals surface area contributed by atoms with Crippen LogP contribution in [0.3, 0.4) is 0 Å². The zero-order valence-corrected chi connectivity index (χ0v) is 9.86. The van der Waals surface area contributed by atoms with Gasteiger partial charge in [0.1, 0.15) is 0 Å². The first-order chi connectivity index (χ1) is 4.15. The van der Waals surface area contributed by atoms with Crippen molar-refractivity contribution in [2.75, 3.05) is 0 Å². The number of hydrogen-bond acceptors (Lipinski definition) is 1. The van der Waals surface area contributed by atoms with Gasteiger partial charge < -0.3 is 18.6 Å². The fourth-order valence-electron chi connectivity index (χ4n) is 0.250. The third kappa shape index (κ3) is 72.3. The molecule has 0 aromatic carbocycles. The average molecular weight is 217 g/mol. The monoisotopic (exact) mass is 217 g/mol. The molecule has 59 valence electrons. The van der Waals surface area contributed by atoms with Crippen LogP contribution in [0.5, 0.6) is 0 Å². The summed E-state index contributed by atoms with van der Waals surface area (Å²) in [5.74, 6) is -0.0833. The first-order valence-corrected chi connectivity index (χ1v) is 3.26. The first kappa shape index (κ1) is 16.9. The van der Waals surface area contributed by atoms with Gasteiger partial charge in [-0.1, -0.05) is 19.8 Å². The number of ketones is 1. The molecule has 0 aromatic rings. The number of carbonyl (C=O) groups excluding carboxylic acids is 1. The van der Waals surface area contributed by atoms with Crippen molar-refractivity contribution in [1.82, 2.24) is 0 Å². The normalized spacial score (nSPS) is 6.70. The van der Waals surface area contributed by atoms with Gasteiger partial charge in [-0.2, -0.15) is 6.42 Å². The molecule has 10 heavy (non-hydrogen) atoms. The van der Waals surface area contributed by atoms with Gasteiger partial charge in [-0.15, -0.1) is 0 Å². The van der Waals surface area contributed by atoms with Gasteiger partial charge >= 0.3 is 0 Å². The maximum Gasteiger partial charge on any atom is 0 e. The van der Waals surface area contributed by atoms with E-state index in [9.17, 15) is 4.79 Å². The summed E-state index contributed by atoms with van der Waals surface area (Å²) in [6, 6.07) is 0. The van der Waals surface area contributed by atoms with Gasteiger partial charge in [0, 0.05) is 32.7 Å². The Hall–Kier alpha value is 0.644. The molecule has 0 fully saturated rings. The SMILES string of the molecule is [CH2-]C(C)=O.[CH2-]CCCC.[Y]. The van der Waals surface area contributed by atoms with E-state index in [2.05, 4.69) is 20.8 Å². The molecular formula is C8H16OY-2. The van der Waals surface area contributed by atoms with E-state index in [1.165, 1.54) is 19.8 Å². The van der Waals surface area contributed by atoms with Crippen LogP contribution in [0.25, 0.3) is 0 Å². The summed E-state index contributed by atoms with van der Waals surface area (Å²) in [5, 5.41) is 0. The molecule has 0 aromatic heterocycles. The third-order valence-corrected chi connectivity index (χ3v) is 0.604. The smallest absolute Gasteiger partial charge is 0 e. The van der Waals surface area contributed by atoms with E-state index in [0.717, 1.165) is 6.42 Å². The number of unbranched alkanes of at least 4 members (excludes halogenated alkanes) is 2. The third-order valence-electron chi connectivity index (χ3n) is 0.604. The quantitative estimate of drug-likeness (QED) is 0.649. The summed E-state index contributed by atoms with van der Waals surface area (Å²) < 4.78 is 0. The Morgan fingerprint density at radius 1 is 1.50 bits per heavy atom. The van der Waals surface area contributed by atoms with Gasteiger partial charge in [-0.05, 0) is 12.7 Å². The molecular weight excluding hydrogens is 201 g/mol. The number of carbonyl (C=O) groups is 1. The van der Waals surface area contributed by atoms with E-state index in [4.69, 9.17) is 0 Å². The van der Waals surface area contributed by atoms with Crippen molar-refractivity contribution < 1.29 is 37.5 Å². The maximum atomic E-state index is 9.33. The molecule has 0 aliphatic rings. The molecule has 0 aliphatic heterocycles. The molecule has 1 radical (unpaired) electrons. The zero-order valence-electron chi connectivity index (χ0n) is 7.02. The van der Waals surface area contributed by atoms with Crippen molar-refractivity contribution in [3.05, 3.63) is 13.8 Å². The van der Waals surface area contributed by atoms with Crippen molar-refractivity contribution in [3.63, 3.8) is 0 Å². The van der Waals surface area contributed by atoms with Crippen LogP contribution in [0, 0.1) is 13.8 Å². The molecule has 0 saturated heterocycles. The van der Waals surface area contributed by atoms with Crippen LogP contribution in [-0.4, -0.2) is 5.78 Å². The average Bonchev–Trinajstić information content (AvgIpc) is 1.66. The second-order valence-corrected chi connectivity index (χ2v) is 1.91. The van der Waals surface area contributed by atoms with E-state index >= 15 is 0 Å². The van der Waals surface area contributed by atoms with Crippen molar-refractivity contribution in [3.8, 4) is 0 Å². The predicted octanol–water partition coefficient (Wildman–Crippen LogP) is 2.42. The molecule has 0 aliphatic carbocycles. The minimum Gasteiger partial charge on any atom is -0.343 e. The van der Waals surface area contributed by atoms with Crippen LogP contribution < -0.4 is 0 Å². The molecule has 0 amide bonds. The molecule has 0 atom stereocenters. The maximum absolute atomic E-state index is 9.33. The van der Waals surface area contributed by atoms with Gasteiger partial charge in [-0.25, -0.2) is 0 Å². The summed E-state index contributed by atoms with van der Waals surface area (Å²) in [5.41, 5.74) is 0.